The minimum Gasteiger partial charge on any atom is -0.735 e. The lowest BCUT2D eigenvalue weighted by Crippen LogP contribution is -2.72. The van der Waals surface area contributed by atoms with Crippen LogP contribution in [0.15, 0.2) is 0 Å². The van der Waals surface area contributed by atoms with Gasteiger partial charge >= 0.3 is 0 Å². The smallest absolute Gasteiger partial charge is 0.218 e. The van der Waals surface area contributed by atoms with E-state index < -0.39 is 268 Å². The van der Waals surface area contributed by atoms with Gasteiger partial charge in [0, 0.05) is 14.2 Å². The average Bonchev–Trinajstić information content (AvgIpc) is 0.766. The van der Waals surface area contributed by atoms with E-state index in [0.29, 0.717) is 14.2 Å². The van der Waals surface area contributed by atoms with Crippen LogP contribution in [0.3, 0.4) is 0 Å². The lowest BCUT2D eigenvalue weighted by molar-refractivity contribution is -0.389. The molecule has 5 aliphatic heterocycles. The van der Waals surface area contributed by atoms with Gasteiger partial charge in [-0.15, -0.1) is 0 Å². The summed E-state index contributed by atoms with van der Waals surface area (Å²) in [5, 5.41) is 92.4. The number of carbonyl (C=O) groups excluding carboxylic acids is 2. The Morgan fingerprint density at radius 2 is 0.793 bits per heavy atom. The Morgan fingerprint density at radius 1 is 0.413 bits per heavy atom. The van der Waals surface area contributed by atoms with Crippen molar-refractivity contribution in [1.29, 1.82) is 0 Å². The number of carbonyl (C=O) groups is 2. The highest BCUT2D eigenvalue weighted by molar-refractivity contribution is 7.84. The number of methoxy groups -OCH3 is 1. The molecule has 25 atom stereocenters. The Hall–Kier alpha value is -2.74. The molecule has 5 aliphatic rings. The summed E-state index contributed by atoms with van der Waals surface area (Å²) in [5.41, 5.74) is 0. The zero-order valence-corrected chi connectivity index (χ0v) is 51.0. The molecule has 0 bridgehead atoms. The summed E-state index contributed by atoms with van der Waals surface area (Å²) in [5.74, 6) is -5.54. The summed E-state index contributed by atoms with van der Waals surface area (Å²) in [6.07, 6.45) is -66.5. The minimum absolute atomic E-state index is 0.257. The van der Waals surface area contributed by atoms with Crippen LogP contribution in [0.4, 0.5) is 0 Å². The third kappa shape index (κ3) is 22.1. The molecule has 0 aliphatic carbocycles. The van der Waals surface area contributed by atoms with Gasteiger partial charge in [-0.2, -0.15) is 0 Å². The Kier molecular flexibility index (Phi) is 26.2. The van der Waals surface area contributed by atoms with Gasteiger partial charge in [0.2, 0.25) is 52.0 Å². The number of carboxylic acid groups (broad SMARTS) is 2. The van der Waals surface area contributed by atoms with Crippen molar-refractivity contribution in [3.8, 4) is 0 Å². The average molecular weight is 1510 g/mol. The topological polar surface area (TPSA) is 825 Å². The van der Waals surface area contributed by atoms with Gasteiger partial charge < -0.3 is 134 Å². The maximum atomic E-state index is 12.9. The van der Waals surface area contributed by atoms with Crippen LogP contribution < -0.4 is 19.7 Å². The zero-order valence-electron chi connectivity index (χ0n) is 44.5. The molecule has 540 valence electrons. The van der Waals surface area contributed by atoms with E-state index in [1.54, 1.807) is 0 Å². The predicted octanol–water partition coefficient (Wildman–Crippen LogP) is -18.8. The van der Waals surface area contributed by atoms with Crippen molar-refractivity contribution in [2.75, 3.05) is 34.0 Å². The second-order valence-electron chi connectivity index (χ2n) is 18.9. The van der Waals surface area contributed by atoms with Crippen LogP contribution >= 0.6 is 0 Å². The van der Waals surface area contributed by atoms with Crippen LogP contribution in [-0.4, -0.2) is 338 Å². The summed E-state index contributed by atoms with van der Waals surface area (Å²) in [4.78, 5) is 25.5. The third-order valence-corrected chi connectivity index (χ3v) is 17.1. The van der Waals surface area contributed by atoms with E-state index in [9.17, 15) is 154 Å². The van der Waals surface area contributed by atoms with Crippen molar-refractivity contribution in [2.24, 2.45) is 0 Å². The van der Waals surface area contributed by atoms with E-state index in [0.717, 1.165) is 9.44 Å². The van der Waals surface area contributed by atoms with Gasteiger partial charge in [-0.3, -0.25) is 20.9 Å². The molecule has 5 heterocycles. The van der Waals surface area contributed by atoms with Gasteiger partial charge in [0.25, 0.3) is 0 Å². The Balaban J connectivity index is 1.61. The summed E-state index contributed by atoms with van der Waals surface area (Å²) in [6, 6.07) is -8.55. The quantitative estimate of drug-likeness (QED) is 0.0244. The highest BCUT2D eigenvalue weighted by Gasteiger charge is 2.60. The number of hydrogen-bond acceptors (Lipinski definition) is 49. The highest BCUT2D eigenvalue weighted by atomic mass is 32.3. The number of aliphatic hydroxyl groups is 6. The molecular weight excluding hydrogens is 1470 g/mol. The van der Waals surface area contributed by atoms with Gasteiger partial charge in [-0.25, -0.2) is 81.1 Å². The fourth-order valence-electron chi connectivity index (χ4n) is 9.15. The van der Waals surface area contributed by atoms with Gasteiger partial charge in [0.05, 0.1) is 31.8 Å². The number of aliphatic carboxylic acids is 2. The molecule has 52 nitrogen and oxygen atoms in total. The number of rotatable bonds is 30. The maximum Gasteiger partial charge on any atom is 0.218 e. The number of carboxylic acids is 2. The summed E-state index contributed by atoms with van der Waals surface area (Å²) >= 11 is 0. The SMILES string of the molecule is CO[C@H]1O[C@H](COS(=O)(=O)[O-])[C@@H](O[C@@H]2O[C@@H](C(=O)[O-])[C@@H](O[C@@H]3O[C@H](COS(=O)(=O)[O-])[C@@H](O[C@@H]4O[C@H](C(=O)[O-])[C@@H](O[C@H]5O[C@H](COS(=O)(=O)[O-])[C@@H](O)[C@H](O)[C@H]5NS(=O)(=O)[O-])[C@H](O)[C@H]4O)[C@H](OS(=O)(=O)[O-])[C@H]3NS(=O)(=O)[O-])[C@H](O)[C@H]2OS(=O)(=O)[O-])[C@H](O)[C@H]1N(C)S(=O)(=O)[O-]. The maximum absolute atomic E-state index is 12.9. The first kappa shape index (κ1) is 79.9. The summed E-state index contributed by atoms with van der Waals surface area (Å²) in [6.45, 7) is -5.44. The Bertz CT molecular complexity index is 3530. The van der Waals surface area contributed by atoms with E-state index in [4.69, 9.17) is 47.4 Å². The van der Waals surface area contributed by atoms with Gasteiger partial charge in [0.15, 0.2) is 68.5 Å². The lowest BCUT2D eigenvalue weighted by Gasteiger charge is -2.52. The third-order valence-electron chi connectivity index (χ3n) is 12.8. The summed E-state index contributed by atoms with van der Waals surface area (Å²) in [7, 11) is -47.9. The Morgan fingerprint density at radius 3 is 1.23 bits per heavy atom. The van der Waals surface area contributed by atoms with Crippen LogP contribution in [0.25, 0.3) is 0 Å². The molecule has 60 heteroatoms. The normalized spacial score (nSPS) is 38.4. The van der Waals surface area contributed by atoms with E-state index in [1.165, 1.54) is 0 Å². The number of hydrogen-bond donors (Lipinski definition) is 8. The monoisotopic (exact) mass is 1510 g/mol. The number of aliphatic hydroxyl groups excluding tert-OH is 6. The predicted molar refractivity (Wildman–Crippen MR) is 246 cm³/mol. The molecule has 0 aromatic heterocycles. The fourth-order valence-corrected chi connectivity index (χ4v) is 12.7. The van der Waals surface area contributed by atoms with Crippen molar-refractivity contribution in [1.82, 2.24) is 13.7 Å². The second-order valence-corrected chi connectivity index (χ2v) is 27.8. The number of likely N-dealkylation sites (N-methyl/N-ethyl adjacent to an activating group) is 1. The Labute approximate surface area is 516 Å². The molecule has 8 N–H and O–H groups in total. The van der Waals surface area contributed by atoms with Crippen molar-refractivity contribution >= 4 is 94.8 Å². The molecule has 92 heavy (non-hydrogen) atoms. The van der Waals surface area contributed by atoms with Crippen LogP contribution in [0.2, 0.25) is 0 Å². The standard InChI is InChI=1S/C32H55N3O49S8/c1-35(87(52,53)54)11-14(38)18(7(76-30(11)70-2)4-72-89(58,59)60)77-32-23(84-92(67,68)69)17(41)22(25(82-32)27(44)45)80-29-10(34-86(49,50)51)20(83-91(64,65)66)19(8(75-29)5-73-90(61,62)63)78-31-16(40)15(39)21(24(81-31)26(42)43)79-28-9(33-85(46,47)48)13(37)12(36)6(74-28)3-71-88(55,56)57/h6-25,28-34,36-41H,3-5H2,1-2H3,(H,42,43)(H,44,45)(H,46,47,48)(H,49,50,51)(H,52,53,54)(H,55,56,57)(H,58,59,60)(H,61,62,63)(H,64,65,66)(H,67,68,69)/p-10/t6-,7-,8-,9-,10-,11-,12-,13-,14-,15-,16-,17+,18-,19-,20-,21+,22+,23-,24+,25-,28-,29+,30+,31-,32-/m1/s1. The van der Waals surface area contributed by atoms with Gasteiger partial charge in [-0.1, -0.05) is 0 Å². The first-order valence-electron chi connectivity index (χ1n) is 23.8. The van der Waals surface area contributed by atoms with E-state index in [2.05, 4.69) is 20.9 Å². The molecule has 0 saturated carbocycles. The molecule has 0 amide bonds. The lowest BCUT2D eigenvalue weighted by atomic mass is 9.94. The van der Waals surface area contributed by atoms with Crippen molar-refractivity contribution in [3.05, 3.63) is 0 Å². The van der Waals surface area contributed by atoms with Gasteiger partial charge in [-0.05, 0) is 0 Å². The molecule has 0 spiro atoms. The minimum atomic E-state index is -6.68. The molecule has 0 radical (unpaired) electrons. The molecule has 0 unspecified atom stereocenters. The first-order chi connectivity index (χ1) is 41.6. The van der Waals surface area contributed by atoms with E-state index >= 15 is 0 Å². The van der Waals surface area contributed by atoms with Crippen LogP contribution in [-0.2, 0) is 161 Å². The second kappa shape index (κ2) is 30.2. The molecule has 0 aromatic rings. The number of nitrogens with one attached hydrogen (secondary N) is 2. The van der Waals surface area contributed by atoms with Crippen molar-refractivity contribution < 1.29 is 222 Å². The van der Waals surface area contributed by atoms with E-state index in [-0.39, 0.29) is 4.31 Å². The zero-order chi connectivity index (χ0) is 70.3. The van der Waals surface area contributed by atoms with Crippen LogP contribution in [0.5, 0.6) is 0 Å². The van der Waals surface area contributed by atoms with Gasteiger partial charge in [0.1, 0.15) is 116 Å². The number of ether oxygens (including phenoxy) is 10. The van der Waals surface area contributed by atoms with Crippen LogP contribution in [0, 0.1) is 0 Å². The number of nitrogens with zero attached hydrogens (tertiary/aromatic N) is 1. The van der Waals surface area contributed by atoms with Crippen molar-refractivity contribution in [2.45, 2.75) is 153 Å². The molecule has 5 fully saturated rings. The van der Waals surface area contributed by atoms with Crippen molar-refractivity contribution in [3.63, 3.8) is 0 Å². The first-order valence-corrected chi connectivity index (χ1v) is 34.6. The molecule has 5 saturated heterocycles. The molecule has 5 rings (SSSR count). The molecule has 0 aromatic carbocycles. The molecular formula is C32H45N3O49S8-10. The summed E-state index contributed by atoms with van der Waals surface area (Å²) < 4.78 is 360. The van der Waals surface area contributed by atoms with E-state index in [1.807, 2.05) is 0 Å². The van der Waals surface area contributed by atoms with Crippen LogP contribution in [0.1, 0.15) is 0 Å². The largest absolute Gasteiger partial charge is 0.735 e. The fraction of sp³-hybridized carbons (Fsp3) is 0.938. The highest BCUT2D eigenvalue weighted by Crippen LogP contribution is 2.39.